The van der Waals surface area contributed by atoms with Gasteiger partial charge in [0.15, 0.2) is 0 Å². The van der Waals surface area contributed by atoms with Gasteiger partial charge in [-0.15, -0.1) is 69.1 Å². The summed E-state index contributed by atoms with van der Waals surface area (Å²) in [6, 6.07) is 41.6. The van der Waals surface area contributed by atoms with Crippen molar-refractivity contribution in [3.63, 3.8) is 0 Å². The van der Waals surface area contributed by atoms with E-state index in [1.807, 2.05) is 36.4 Å². The number of rotatable bonds is 2. The summed E-state index contributed by atoms with van der Waals surface area (Å²) in [5.74, 6) is 0. The van der Waals surface area contributed by atoms with E-state index in [1.165, 1.54) is 41.6 Å². The predicted molar refractivity (Wildman–Crippen MR) is 172 cm³/mol. The summed E-state index contributed by atoms with van der Waals surface area (Å²) < 4.78 is 3.51. The van der Waals surface area contributed by atoms with Crippen molar-refractivity contribution in [3.8, 4) is 0 Å². The fourth-order valence-corrected chi connectivity index (χ4v) is 9.75. The molecule has 0 radical (unpaired) electrons. The fraction of sp³-hybridized carbons (Fsp3) is 0.0606. The Bertz CT molecular complexity index is 1540. The van der Waals surface area contributed by atoms with Crippen LogP contribution in [-0.2, 0) is 18.9 Å². The maximum atomic E-state index is 6.24. The number of aryl methyl sites for hydroxylation is 2. The minimum atomic E-state index is -2.44. The number of hydrogen-bond donors (Lipinski definition) is 0. The van der Waals surface area contributed by atoms with E-state index >= 15 is 0 Å². The zero-order valence-electron chi connectivity index (χ0n) is 21.1. The molecule has 0 amide bonds. The van der Waals surface area contributed by atoms with E-state index in [-0.39, 0.29) is 0 Å². The van der Waals surface area contributed by atoms with Crippen LogP contribution in [0.3, 0.4) is 0 Å². The van der Waals surface area contributed by atoms with E-state index in [2.05, 4.69) is 131 Å². The molecule has 0 aromatic heterocycles. The first-order chi connectivity index (χ1) is 18.3. The van der Waals surface area contributed by atoms with E-state index in [9.17, 15) is 0 Å². The van der Waals surface area contributed by atoms with Crippen molar-refractivity contribution in [1.29, 1.82) is 0 Å². The van der Waals surface area contributed by atoms with Crippen LogP contribution < -0.4 is 0 Å². The number of halogens is 4. The van der Waals surface area contributed by atoms with Crippen LogP contribution in [0.25, 0.3) is 21.5 Å². The van der Waals surface area contributed by atoms with E-state index in [4.69, 9.17) is 17.0 Å². The molecule has 6 rings (SSSR count). The second kappa shape index (κ2) is 14.2. The molecule has 0 fully saturated rings. The third-order valence-electron chi connectivity index (χ3n) is 6.00. The standard InChI is InChI=1S/C13H10.2C10H8Br.2ClH.Zr/c1-3-7-12(8-4-1)11-13-9-5-2-6-10-13;2*1-7-5-8-3-2-4-10(11)9(8)6-7;;;/h1-10H;2*2-6H,1H3;2*1H;/q;2*-1;;;+2/p-2. The third kappa shape index (κ3) is 7.74. The van der Waals surface area contributed by atoms with Gasteiger partial charge in [-0.1, -0.05) is 57.8 Å². The summed E-state index contributed by atoms with van der Waals surface area (Å²) in [6.07, 6.45) is 0. The summed E-state index contributed by atoms with van der Waals surface area (Å²) in [7, 11) is 12.5. The Kier molecular flexibility index (Phi) is 10.9. The Morgan fingerprint density at radius 3 is 1.32 bits per heavy atom. The van der Waals surface area contributed by atoms with Gasteiger partial charge in [0.05, 0.1) is 0 Å². The summed E-state index contributed by atoms with van der Waals surface area (Å²) in [5, 5.41) is 5.25. The second-order valence-electron chi connectivity index (χ2n) is 8.92. The third-order valence-corrected chi connectivity index (χ3v) is 12.0. The van der Waals surface area contributed by atoms with E-state index in [1.54, 1.807) is 0 Å². The Morgan fingerprint density at radius 2 is 0.974 bits per heavy atom. The minimum absolute atomic E-state index is 1.15. The van der Waals surface area contributed by atoms with Crippen LogP contribution in [0, 0.1) is 13.8 Å². The molecule has 0 saturated carbocycles. The molecular weight excluding hydrogens is 718 g/mol. The van der Waals surface area contributed by atoms with Crippen molar-refractivity contribution in [2.45, 2.75) is 13.8 Å². The van der Waals surface area contributed by atoms with Gasteiger partial charge in [0.25, 0.3) is 0 Å². The molecule has 192 valence electrons. The van der Waals surface area contributed by atoms with Crippen LogP contribution in [0.4, 0.5) is 0 Å². The van der Waals surface area contributed by atoms with Gasteiger partial charge in [0, 0.05) is 0 Å². The van der Waals surface area contributed by atoms with Gasteiger partial charge < -0.3 is 0 Å². The molecule has 0 aliphatic carbocycles. The Morgan fingerprint density at radius 1 is 0.579 bits per heavy atom. The molecular formula is C33H26Br2Cl2Zr-2. The molecule has 0 N–H and O–H groups in total. The Hall–Kier alpha value is -1.61. The maximum absolute atomic E-state index is 6.24. The topological polar surface area (TPSA) is 0 Å². The van der Waals surface area contributed by atoms with Crippen LogP contribution in [0.15, 0.2) is 130 Å². The molecule has 38 heavy (non-hydrogen) atoms. The summed E-state index contributed by atoms with van der Waals surface area (Å²) in [4.78, 5) is 0. The normalized spacial score (nSPS) is 10.4. The number of hydrogen-bond acceptors (Lipinski definition) is 0. The van der Waals surface area contributed by atoms with Gasteiger partial charge in [-0.3, -0.25) is 0 Å². The molecule has 0 saturated heterocycles. The first-order valence-corrected chi connectivity index (χ1v) is 21.3. The van der Waals surface area contributed by atoms with Crippen molar-refractivity contribution in [2.75, 3.05) is 0 Å². The predicted octanol–water partition coefficient (Wildman–Crippen LogP) is 11.4. The van der Waals surface area contributed by atoms with Crippen LogP contribution in [0.2, 0.25) is 0 Å². The zero-order chi connectivity index (χ0) is 27.1. The first-order valence-electron chi connectivity index (χ1n) is 12.1. The molecule has 0 aliphatic rings. The Balaban J connectivity index is 0.000000136. The summed E-state index contributed by atoms with van der Waals surface area (Å²) >= 11 is 4.58. The van der Waals surface area contributed by atoms with Crippen molar-refractivity contribution in [3.05, 3.63) is 153 Å². The average Bonchev–Trinajstić information content (AvgIpc) is 3.49. The van der Waals surface area contributed by atoms with Gasteiger partial charge in [-0.2, -0.15) is 12.1 Å². The van der Waals surface area contributed by atoms with E-state index in [0.29, 0.717) is 0 Å². The van der Waals surface area contributed by atoms with E-state index in [0.717, 1.165) is 14.3 Å². The van der Waals surface area contributed by atoms with Gasteiger partial charge in [0.1, 0.15) is 0 Å². The van der Waals surface area contributed by atoms with Crippen molar-refractivity contribution in [2.24, 2.45) is 0 Å². The number of benzene rings is 4. The molecule has 0 heterocycles. The first kappa shape index (κ1) is 29.4. The molecule has 6 aromatic carbocycles. The molecule has 0 aliphatic heterocycles. The van der Waals surface area contributed by atoms with Crippen molar-refractivity contribution < 1.29 is 18.9 Å². The molecule has 6 aromatic rings. The van der Waals surface area contributed by atoms with Gasteiger partial charge in [-0.05, 0) is 8.95 Å². The molecule has 0 spiro atoms. The molecule has 0 atom stereocenters. The van der Waals surface area contributed by atoms with Gasteiger partial charge in [-0.25, -0.2) is 0 Å². The van der Waals surface area contributed by atoms with Gasteiger partial charge in [0.2, 0.25) is 0 Å². The van der Waals surface area contributed by atoms with Crippen LogP contribution in [-0.4, -0.2) is 3.21 Å². The van der Waals surface area contributed by atoms with Crippen LogP contribution in [0.1, 0.15) is 22.3 Å². The monoisotopic (exact) mass is 740 g/mol. The van der Waals surface area contributed by atoms with Gasteiger partial charge >= 0.3 is 111 Å². The zero-order valence-corrected chi connectivity index (χ0v) is 28.2. The molecule has 0 nitrogen and oxygen atoms in total. The molecule has 5 heteroatoms. The summed E-state index contributed by atoms with van der Waals surface area (Å²) in [6.45, 7) is 4.24. The van der Waals surface area contributed by atoms with Crippen molar-refractivity contribution >= 4 is 73.6 Å². The van der Waals surface area contributed by atoms with Crippen molar-refractivity contribution in [1.82, 2.24) is 0 Å². The molecule has 0 bridgehead atoms. The van der Waals surface area contributed by atoms with Crippen LogP contribution in [0.5, 0.6) is 0 Å². The quantitative estimate of drug-likeness (QED) is 0.155. The molecule has 0 unspecified atom stereocenters. The Labute approximate surface area is 256 Å². The van der Waals surface area contributed by atoms with Crippen LogP contribution >= 0.6 is 48.9 Å². The average molecular weight is 745 g/mol. The second-order valence-corrected chi connectivity index (χ2v) is 18.8. The summed E-state index contributed by atoms with van der Waals surface area (Å²) in [5.41, 5.74) is 4.94. The SMILES string of the molecule is Cc1cc2c(Br)cccc2[cH-]1.Cc1cc2c(Br)cccc2[cH-]1.[Cl][Zr]([Cl])=[C](c1ccccc1)c1ccccc1. The number of fused-ring (bicyclic) bond motifs is 2. The van der Waals surface area contributed by atoms with E-state index < -0.39 is 18.9 Å². The fourth-order valence-electron chi connectivity index (χ4n) is 4.29.